The summed E-state index contributed by atoms with van der Waals surface area (Å²) in [5.74, 6) is 1.84. The molecular weight excluding hydrogens is 425 g/mol. The van der Waals surface area contributed by atoms with Gasteiger partial charge >= 0.3 is 7.12 Å². The number of benzene rings is 2. The molecule has 1 aromatic heterocycles. The van der Waals surface area contributed by atoms with Crippen LogP contribution in [-0.4, -0.2) is 47.8 Å². The van der Waals surface area contributed by atoms with Crippen molar-refractivity contribution in [2.75, 3.05) is 19.7 Å². The Labute approximate surface area is 202 Å². The van der Waals surface area contributed by atoms with Gasteiger partial charge in [0.05, 0.1) is 24.4 Å². The fourth-order valence-electron chi connectivity index (χ4n) is 4.69. The molecule has 2 aliphatic rings. The van der Waals surface area contributed by atoms with Crippen molar-refractivity contribution in [2.45, 2.75) is 51.4 Å². The van der Waals surface area contributed by atoms with E-state index in [0.29, 0.717) is 25.0 Å². The Morgan fingerprint density at radius 3 is 2.56 bits per heavy atom. The summed E-state index contributed by atoms with van der Waals surface area (Å²) in [6, 6.07) is 19.0. The minimum Gasteiger partial charge on any atom is -0.493 e. The van der Waals surface area contributed by atoms with Crippen molar-refractivity contribution in [1.82, 2.24) is 15.1 Å². The minimum atomic E-state index is -0.397. The first kappa shape index (κ1) is 23.2. The van der Waals surface area contributed by atoms with Crippen LogP contribution >= 0.6 is 0 Å². The number of rotatable bonds is 7. The number of ether oxygens (including phenoxy) is 1. The summed E-state index contributed by atoms with van der Waals surface area (Å²) in [7, 11) is -0.397. The molecule has 0 aliphatic carbocycles. The van der Waals surface area contributed by atoms with Crippen LogP contribution in [0, 0.1) is 5.92 Å². The highest BCUT2D eigenvalue weighted by Crippen LogP contribution is 2.36. The Bertz CT molecular complexity index is 1100. The maximum atomic E-state index is 6.24. The third kappa shape index (κ3) is 4.78. The average Bonchev–Trinajstić information content (AvgIpc) is 3.51. The van der Waals surface area contributed by atoms with E-state index >= 15 is 0 Å². The molecule has 3 heterocycles. The molecule has 7 heteroatoms. The van der Waals surface area contributed by atoms with Crippen molar-refractivity contribution in [3.05, 3.63) is 78.1 Å². The van der Waals surface area contributed by atoms with Crippen molar-refractivity contribution < 1.29 is 14.0 Å². The second kappa shape index (κ2) is 9.21. The van der Waals surface area contributed by atoms with E-state index in [4.69, 9.17) is 14.0 Å². The molecule has 34 heavy (non-hydrogen) atoms. The fourth-order valence-corrected chi connectivity index (χ4v) is 4.69. The molecule has 2 aromatic carbocycles. The molecule has 1 N–H and O–H groups in total. The average molecular weight is 459 g/mol. The van der Waals surface area contributed by atoms with E-state index in [-0.39, 0.29) is 11.2 Å². The Kier molecular flexibility index (Phi) is 6.27. The van der Waals surface area contributed by atoms with Gasteiger partial charge in [-0.15, -0.1) is 0 Å². The van der Waals surface area contributed by atoms with Crippen LogP contribution in [0.1, 0.15) is 44.7 Å². The van der Waals surface area contributed by atoms with Crippen molar-refractivity contribution >= 4 is 12.6 Å². The lowest BCUT2D eigenvalue weighted by Crippen LogP contribution is -2.41. The van der Waals surface area contributed by atoms with Crippen molar-refractivity contribution in [3.8, 4) is 5.75 Å². The van der Waals surface area contributed by atoms with E-state index in [1.807, 2.05) is 29.2 Å². The van der Waals surface area contributed by atoms with Crippen LogP contribution < -0.4 is 15.5 Å². The van der Waals surface area contributed by atoms with E-state index in [1.54, 1.807) is 0 Å². The molecule has 0 spiro atoms. The molecule has 0 unspecified atom stereocenters. The monoisotopic (exact) mass is 459 g/mol. The molecule has 0 radical (unpaired) electrons. The predicted molar refractivity (Wildman–Crippen MR) is 135 cm³/mol. The summed E-state index contributed by atoms with van der Waals surface area (Å²) in [4.78, 5) is 0. The van der Waals surface area contributed by atoms with Crippen LogP contribution in [0.4, 0.5) is 0 Å². The smallest absolute Gasteiger partial charge is 0.493 e. The number of nitrogens with zero attached hydrogens (tertiary/aromatic N) is 2. The lowest BCUT2D eigenvalue weighted by Gasteiger charge is -2.32. The molecule has 5 rings (SSSR count). The maximum Gasteiger partial charge on any atom is 0.498 e. The van der Waals surface area contributed by atoms with Crippen LogP contribution in [0.15, 0.2) is 67.0 Å². The Morgan fingerprint density at radius 2 is 1.79 bits per heavy atom. The van der Waals surface area contributed by atoms with Crippen LogP contribution in [0.5, 0.6) is 5.75 Å². The molecular formula is C27H34BN3O3. The van der Waals surface area contributed by atoms with E-state index in [9.17, 15) is 0 Å². The van der Waals surface area contributed by atoms with Crippen molar-refractivity contribution in [2.24, 2.45) is 5.92 Å². The van der Waals surface area contributed by atoms with Gasteiger partial charge in [0.25, 0.3) is 0 Å². The van der Waals surface area contributed by atoms with Gasteiger partial charge in [-0.05, 0) is 51.0 Å². The normalized spacial score (nSPS) is 23.4. The summed E-state index contributed by atoms with van der Waals surface area (Å²) < 4.78 is 20.5. The SMILES string of the molecule is CC1(C)OB(c2cnn(Cc3cccc(OC[C@H]4CNC[C@@H]4c4ccccc4)c3)c2)OC1(C)C. The summed E-state index contributed by atoms with van der Waals surface area (Å²) >= 11 is 0. The molecule has 0 amide bonds. The molecule has 3 aromatic rings. The van der Waals surface area contributed by atoms with Crippen LogP contribution in [0.25, 0.3) is 0 Å². The van der Waals surface area contributed by atoms with E-state index < -0.39 is 7.12 Å². The first-order chi connectivity index (χ1) is 16.3. The first-order valence-corrected chi connectivity index (χ1v) is 12.2. The molecule has 6 nitrogen and oxygen atoms in total. The second-order valence-electron chi connectivity index (χ2n) is 10.5. The minimum absolute atomic E-state index is 0.361. The number of nitrogens with one attached hydrogen (secondary N) is 1. The predicted octanol–water partition coefficient (Wildman–Crippen LogP) is 3.61. The van der Waals surface area contributed by atoms with Gasteiger partial charge in [0, 0.05) is 42.8 Å². The van der Waals surface area contributed by atoms with Crippen LogP contribution in [-0.2, 0) is 15.9 Å². The fraction of sp³-hybridized carbons (Fsp3) is 0.444. The summed E-state index contributed by atoms with van der Waals surface area (Å²) in [6.07, 6.45) is 3.84. The zero-order valence-corrected chi connectivity index (χ0v) is 20.5. The largest absolute Gasteiger partial charge is 0.498 e. The van der Waals surface area contributed by atoms with Gasteiger partial charge in [-0.1, -0.05) is 42.5 Å². The summed E-state index contributed by atoms with van der Waals surface area (Å²) in [5, 5.41) is 8.07. The standard InChI is InChI=1S/C27H34BN3O3/c1-26(2)27(3,4)34-28(33-26)23-15-30-31(18-23)17-20-9-8-12-24(13-20)32-19-22-14-29-16-25(22)21-10-6-5-7-11-21/h5-13,15,18,22,25,29H,14,16-17,19H2,1-4H3/t22-,25-/m1/s1. The Hall–Kier alpha value is -2.61. The maximum absolute atomic E-state index is 6.24. The van der Waals surface area contributed by atoms with Crippen LogP contribution in [0.2, 0.25) is 0 Å². The lowest BCUT2D eigenvalue weighted by atomic mass is 9.82. The third-order valence-corrected chi connectivity index (χ3v) is 7.45. The molecule has 2 fully saturated rings. The van der Waals surface area contributed by atoms with Gasteiger partial charge in [-0.3, -0.25) is 4.68 Å². The molecule has 0 bridgehead atoms. The molecule has 178 valence electrons. The van der Waals surface area contributed by atoms with Gasteiger partial charge in [-0.2, -0.15) is 5.10 Å². The Balaban J connectivity index is 1.20. The highest BCUT2D eigenvalue weighted by Gasteiger charge is 2.52. The highest BCUT2D eigenvalue weighted by molar-refractivity contribution is 6.62. The van der Waals surface area contributed by atoms with Gasteiger partial charge in [-0.25, -0.2) is 0 Å². The molecule has 2 atom stereocenters. The highest BCUT2D eigenvalue weighted by atomic mass is 16.7. The van der Waals surface area contributed by atoms with Gasteiger partial charge in [0.2, 0.25) is 0 Å². The van der Waals surface area contributed by atoms with Gasteiger partial charge in [0.1, 0.15) is 5.75 Å². The van der Waals surface area contributed by atoms with E-state index in [0.717, 1.165) is 29.9 Å². The molecule has 0 saturated carbocycles. The zero-order valence-electron chi connectivity index (χ0n) is 20.5. The Morgan fingerprint density at radius 1 is 1.03 bits per heavy atom. The third-order valence-electron chi connectivity index (χ3n) is 7.45. The quantitative estimate of drug-likeness (QED) is 0.547. The van der Waals surface area contributed by atoms with E-state index in [2.05, 4.69) is 80.6 Å². The van der Waals surface area contributed by atoms with Crippen molar-refractivity contribution in [3.63, 3.8) is 0 Å². The van der Waals surface area contributed by atoms with E-state index in [1.165, 1.54) is 5.56 Å². The second-order valence-corrected chi connectivity index (χ2v) is 10.5. The number of hydrogen-bond acceptors (Lipinski definition) is 5. The van der Waals surface area contributed by atoms with Gasteiger partial charge < -0.3 is 19.4 Å². The van der Waals surface area contributed by atoms with Gasteiger partial charge in [0.15, 0.2) is 0 Å². The first-order valence-electron chi connectivity index (χ1n) is 12.2. The number of hydrogen-bond donors (Lipinski definition) is 1. The topological polar surface area (TPSA) is 57.5 Å². The van der Waals surface area contributed by atoms with Crippen molar-refractivity contribution in [1.29, 1.82) is 0 Å². The zero-order chi connectivity index (χ0) is 23.8. The molecule has 2 aliphatic heterocycles. The lowest BCUT2D eigenvalue weighted by molar-refractivity contribution is 0.00578. The summed E-state index contributed by atoms with van der Waals surface area (Å²) in [5.41, 5.74) is 2.74. The molecule has 2 saturated heterocycles. The number of aromatic nitrogens is 2. The van der Waals surface area contributed by atoms with Crippen LogP contribution in [0.3, 0.4) is 0 Å². The summed E-state index contributed by atoms with van der Waals surface area (Å²) in [6.45, 7) is 11.6.